The van der Waals surface area contributed by atoms with Gasteiger partial charge in [-0.05, 0) is 48.2 Å². The van der Waals surface area contributed by atoms with E-state index in [1.165, 1.54) is 17.8 Å². The van der Waals surface area contributed by atoms with Crippen LogP contribution in [0.3, 0.4) is 0 Å². The monoisotopic (exact) mass is 399 g/mol. The summed E-state index contributed by atoms with van der Waals surface area (Å²) in [5, 5.41) is 12.0. The van der Waals surface area contributed by atoms with E-state index in [9.17, 15) is 5.11 Å². The van der Waals surface area contributed by atoms with Crippen LogP contribution >= 0.6 is 0 Å². The van der Waals surface area contributed by atoms with Crippen molar-refractivity contribution >= 4 is 11.5 Å². The number of hydrogen-bond donors (Lipinski definition) is 1. The normalized spacial score (nSPS) is 20.9. The number of amidine groups is 1. The van der Waals surface area contributed by atoms with Crippen LogP contribution < -0.4 is 9.64 Å². The third-order valence-electron chi connectivity index (χ3n) is 6.27. The number of rotatable bonds is 4. The van der Waals surface area contributed by atoms with Gasteiger partial charge in [-0.15, -0.1) is 0 Å². The molecule has 4 heteroatoms. The van der Waals surface area contributed by atoms with Crippen LogP contribution in [-0.4, -0.2) is 35.7 Å². The average molecular weight is 400 g/mol. The van der Waals surface area contributed by atoms with Gasteiger partial charge in [0.2, 0.25) is 0 Å². The maximum atomic E-state index is 12.0. The van der Waals surface area contributed by atoms with E-state index in [1.54, 1.807) is 7.11 Å². The van der Waals surface area contributed by atoms with E-state index in [0.29, 0.717) is 6.54 Å². The Balaban J connectivity index is 1.55. The highest BCUT2D eigenvalue weighted by molar-refractivity contribution is 5.97. The second-order valence-corrected chi connectivity index (χ2v) is 8.09. The molecule has 1 N–H and O–H groups in total. The van der Waals surface area contributed by atoms with Crippen LogP contribution in [0.25, 0.3) is 11.1 Å². The van der Waals surface area contributed by atoms with Crippen molar-refractivity contribution in [2.45, 2.75) is 25.0 Å². The van der Waals surface area contributed by atoms with Gasteiger partial charge in [0, 0.05) is 12.0 Å². The first kappa shape index (κ1) is 18.9. The molecule has 5 rings (SSSR count). The van der Waals surface area contributed by atoms with Crippen molar-refractivity contribution in [3.63, 3.8) is 0 Å². The second-order valence-electron chi connectivity index (χ2n) is 8.09. The summed E-state index contributed by atoms with van der Waals surface area (Å²) < 4.78 is 7.68. The van der Waals surface area contributed by atoms with Crippen molar-refractivity contribution in [2.75, 3.05) is 25.1 Å². The molecule has 0 bridgehead atoms. The minimum Gasteiger partial charge on any atom is -0.497 e. The molecule has 0 saturated carbocycles. The SMILES string of the molecule is COc1ccc(N2C3=[N+](CCCC3)C[C@]2(O)c2ccc(-c3ccccc3)cc2)cc1. The van der Waals surface area contributed by atoms with Crippen LogP contribution in [0.4, 0.5) is 5.69 Å². The molecular formula is C26H27N2O2+. The fourth-order valence-corrected chi connectivity index (χ4v) is 4.72. The first-order valence-electron chi connectivity index (χ1n) is 10.6. The van der Waals surface area contributed by atoms with E-state index in [4.69, 9.17) is 4.74 Å². The molecule has 30 heavy (non-hydrogen) atoms. The highest BCUT2D eigenvalue weighted by Crippen LogP contribution is 2.39. The van der Waals surface area contributed by atoms with Crippen molar-refractivity contribution in [1.82, 2.24) is 0 Å². The number of anilines is 1. The molecule has 1 atom stereocenters. The third kappa shape index (κ3) is 3.17. The van der Waals surface area contributed by atoms with Gasteiger partial charge in [0.15, 0.2) is 6.54 Å². The Morgan fingerprint density at radius 2 is 1.57 bits per heavy atom. The quantitative estimate of drug-likeness (QED) is 0.650. The van der Waals surface area contributed by atoms with Crippen molar-refractivity contribution in [2.24, 2.45) is 0 Å². The lowest BCUT2D eigenvalue weighted by Gasteiger charge is -2.29. The molecule has 3 aromatic carbocycles. The highest BCUT2D eigenvalue weighted by atomic mass is 16.5. The van der Waals surface area contributed by atoms with E-state index in [-0.39, 0.29) is 0 Å². The Morgan fingerprint density at radius 1 is 0.867 bits per heavy atom. The van der Waals surface area contributed by atoms with Crippen LogP contribution in [0.5, 0.6) is 5.75 Å². The van der Waals surface area contributed by atoms with Crippen LogP contribution in [0, 0.1) is 0 Å². The van der Waals surface area contributed by atoms with Crippen LogP contribution in [0.1, 0.15) is 24.8 Å². The fraction of sp³-hybridized carbons (Fsp3) is 0.269. The van der Waals surface area contributed by atoms with E-state index in [1.807, 2.05) is 42.5 Å². The minimum atomic E-state index is -1.09. The highest BCUT2D eigenvalue weighted by Gasteiger charge is 2.54. The van der Waals surface area contributed by atoms with Crippen molar-refractivity contribution < 1.29 is 14.4 Å². The Labute approximate surface area is 177 Å². The van der Waals surface area contributed by atoms with Gasteiger partial charge in [-0.1, -0.05) is 54.6 Å². The maximum Gasteiger partial charge on any atom is 0.275 e. The van der Waals surface area contributed by atoms with Gasteiger partial charge in [0.1, 0.15) is 11.4 Å². The Morgan fingerprint density at radius 3 is 2.27 bits per heavy atom. The topological polar surface area (TPSA) is 35.7 Å². The summed E-state index contributed by atoms with van der Waals surface area (Å²) in [6.45, 7) is 1.57. The largest absolute Gasteiger partial charge is 0.497 e. The number of hydrogen-bond acceptors (Lipinski definition) is 3. The summed E-state index contributed by atoms with van der Waals surface area (Å²) >= 11 is 0. The van der Waals surface area contributed by atoms with Crippen LogP contribution in [0.2, 0.25) is 0 Å². The van der Waals surface area contributed by atoms with Crippen molar-refractivity contribution in [3.05, 3.63) is 84.4 Å². The lowest BCUT2D eigenvalue weighted by molar-refractivity contribution is -0.538. The first-order valence-corrected chi connectivity index (χ1v) is 10.6. The van der Waals surface area contributed by atoms with E-state index in [0.717, 1.165) is 42.0 Å². The Hall–Kier alpha value is -3.11. The third-order valence-corrected chi connectivity index (χ3v) is 6.27. The van der Waals surface area contributed by atoms with Gasteiger partial charge in [0.05, 0.1) is 13.7 Å². The molecule has 0 saturated heterocycles. The zero-order chi connectivity index (χ0) is 20.6. The van der Waals surface area contributed by atoms with Crippen molar-refractivity contribution in [3.8, 4) is 16.9 Å². The molecular weight excluding hydrogens is 372 g/mol. The lowest BCUT2D eigenvalue weighted by Crippen LogP contribution is -2.47. The minimum absolute atomic E-state index is 0.582. The second kappa shape index (κ2) is 7.62. The average Bonchev–Trinajstić information content (AvgIpc) is 3.13. The standard InChI is InChI=1S/C26H27N2O2/c1-30-24-16-14-23(15-17-24)28-25-9-5-6-18-27(25)19-26(28,29)22-12-10-21(11-13-22)20-7-3-2-4-8-20/h2-4,7-8,10-17,29H,5-6,9,18-19H2,1H3/q+1/t26-/m0/s1. The maximum absolute atomic E-state index is 12.0. The summed E-state index contributed by atoms with van der Waals surface area (Å²) in [5.41, 5.74) is 3.15. The molecule has 0 fully saturated rings. The van der Waals surface area contributed by atoms with E-state index < -0.39 is 5.72 Å². The number of methoxy groups -OCH3 is 1. The van der Waals surface area contributed by atoms with Gasteiger partial charge in [-0.25, -0.2) is 0 Å². The van der Waals surface area contributed by atoms with Gasteiger partial charge in [0.25, 0.3) is 11.6 Å². The molecule has 0 spiro atoms. The molecule has 0 radical (unpaired) electrons. The number of aliphatic hydroxyl groups is 1. The zero-order valence-corrected chi connectivity index (χ0v) is 17.3. The molecule has 3 aromatic rings. The smallest absolute Gasteiger partial charge is 0.275 e. The predicted molar refractivity (Wildman–Crippen MR) is 120 cm³/mol. The number of ether oxygens (including phenoxy) is 1. The molecule has 2 aliphatic rings. The zero-order valence-electron chi connectivity index (χ0n) is 17.3. The summed E-state index contributed by atoms with van der Waals surface area (Å²) in [6.07, 6.45) is 3.31. The molecule has 0 unspecified atom stereocenters. The van der Waals surface area contributed by atoms with Crippen LogP contribution in [-0.2, 0) is 5.72 Å². The Bertz CT molecular complexity index is 1060. The lowest BCUT2D eigenvalue weighted by atomic mass is 9.97. The van der Waals surface area contributed by atoms with Crippen LogP contribution in [0.15, 0.2) is 78.9 Å². The summed E-state index contributed by atoms with van der Waals surface area (Å²) in [4.78, 5) is 2.13. The van der Waals surface area contributed by atoms with Gasteiger partial charge < -0.3 is 9.84 Å². The summed E-state index contributed by atoms with van der Waals surface area (Å²) in [6, 6.07) is 26.7. The Kier molecular flexibility index (Phi) is 4.80. The fourth-order valence-electron chi connectivity index (χ4n) is 4.72. The molecule has 152 valence electrons. The molecule has 0 aliphatic carbocycles. The van der Waals surface area contributed by atoms with Gasteiger partial charge >= 0.3 is 0 Å². The van der Waals surface area contributed by atoms with E-state index in [2.05, 4.69) is 45.9 Å². The summed E-state index contributed by atoms with van der Waals surface area (Å²) in [7, 11) is 1.67. The number of benzene rings is 3. The predicted octanol–water partition coefficient (Wildman–Crippen LogP) is 4.62. The molecule has 0 aromatic heterocycles. The molecule has 4 nitrogen and oxygen atoms in total. The number of nitrogens with zero attached hydrogens (tertiary/aromatic N) is 2. The van der Waals surface area contributed by atoms with Crippen molar-refractivity contribution in [1.29, 1.82) is 0 Å². The molecule has 0 amide bonds. The summed E-state index contributed by atoms with van der Waals surface area (Å²) in [5.74, 6) is 2.03. The molecule has 2 heterocycles. The molecule has 2 aliphatic heterocycles. The van der Waals surface area contributed by atoms with E-state index >= 15 is 0 Å². The first-order chi connectivity index (χ1) is 14.7. The van der Waals surface area contributed by atoms with Gasteiger partial charge in [-0.3, -0.25) is 4.58 Å². The van der Waals surface area contributed by atoms with Gasteiger partial charge in [-0.2, -0.15) is 4.90 Å².